The second-order valence-corrected chi connectivity index (χ2v) is 7.87. The third kappa shape index (κ3) is 2.91. The van der Waals surface area contributed by atoms with E-state index in [0.29, 0.717) is 24.3 Å². The number of benzene rings is 1. The molecule has 0 bridgehead atoms. The number of piperidine rings is 1. The van der Waals surface area contributed by atoms with Crippen LogP contribution in [0.1, 0.15) is 41.2 Å². The van der Waals surface area contributed by atoms with E-state index < -0.39 is 0 Å². The fourth-order valence-electron chi connectivity index (χ4n) is 4.25. The lowest BCUT2D eigenvalue weighted by Gasteiger charge is -2.46. The lowest BCUT2D eigenvalue weighted by molar-refractivity contribution is -0.0175. The molecule has 144 valence electrons. The Morgan fingerprint density at radius 1 is 1.21 bits per heavy atom. The summed E-state index contributed by atoms with van der Waals surface area (Å²) in [5.41, 5.74) is 8.35. The van der Waals surface area contributed by atoms with E-state index in [4.69, 9.17) is 22.1 Å². The van der Waals surface area contributed by atoms with Crippen molar-refractivity contribution in [2.45, 2.75) is 30.9 Å². The van der Waals surface area contributed by atoms with E-state index in [9.17, 15) is 4.79 Å². The van der Waals surface area contributed by atoms with Crippen LogP contribution < -0.4 is 10.5 Å². The molecule has 0 saturated carbocycles. The van der Waals surface area contributed by atoms with Crippen LogP contribution in [0.2, 0.25) is 5.28 Å². The van der Waals surface area contributed by atoms with Gasteiger partial charge in [-0.15, -0.1) is 5.10 Å². The van der Waals surface area contributed by atoms with E-state index in [-0.39, 0.29) is 22.8 Å². The third-order valence-electron chi connectivity index (χ3n) is 5.75. The minimum Gasteiger partial charge on any atom is -0.487 e. The Kier molecular flexibility index (Phi) is 4.03. The zero-order valence-electron chi connectivity index (χ0n) is 15.2. The topological polar surface area (TPSA) is 85.8 Å². The summed E-state index contributed by atoms with van der Waals surface area (Å²) in [6.45, 7) is 1.26. The Bertz CT molecular complexity index is 1060. The molecule has 28 heavy (non-hydrogen) atoms. The molecule has 1 fully saturated rings. The Morgan fingerprint density at radius 3 is 2.82 bits per heavy atom. The number of fused-ring (bicyclic) bond motifs is 2. The summed E-state index contributed by atoms with van der Waals surface area (Å²) in [5.74, 6) is 0.846. The van der Waals surface area contributed by atoms with Gasteiger partial charge in [-0.3, -0.25) is 4.79 Å². The van der Waals surface area contributed by atoms with Crippen LogP contribution in [0.3, 0.4) is 0 Å². The average Bonchev–Trinajstić information content (AvgIpc) is 3.07. The molecule has 2 aromatic heterocycles. The molecule has 7 nitrogen and oxygen atoms in total. The average molecular weight is 398 g/mol. The molecule has 1 unspecified atom stereocenters. The fourth-order valence-corrected chi connectivity index (χ4v) is 4.42. The molecule has 2 aliphatic heterocycles. The van der Waals surface area contributed by atoms with Crippen molar-refractivity contribution in [1.82, 2.24) is 19.5 Å². The molecule has 0 radical (unpaired) electrons. The van der Waals surface area contributed by atoms with Gasteiger partial charge in [-0.05, 0) is 29.8 Å². The Hall–Kier alpha value is -2.64. The number of aromatic nitrogens is 3. The van der Waals surface area contributed by atoms with E-state index >= 15 is 0 Å². The lowest BCUT2D eigenvalue weighted by Crippen LogP contribution is -2.52. The summed E-state index contributed by atoms with van der Waals surface area (Å²) in [4.78, 5) is 18.9. The number of hydrogen-bond acceptors (Lipinski definition) is 5. The van der Waals surface area contributed by atoms with Crippen LogP contribution >= 0.6 is 11.6 Å². The lowest BCUT2D eigenvalue weighted by atomic mass is 9.81. The maximum atomic E-state index is 13.0. The highest BCUT2D eigenvalue weighted by molar-refractivity contribution is 6.28. The number of pyridine rings is 1. The quantitative estimate of drug-likeness (QED) is 0.682. The summed E-state index contributed by atoms with van der Waals surface area (Å²) >= 11 is 5.83. The molecule has 1 spiro atoms. The van der Waals surface area contributed by atoms with Crippen molar-refractivity contribution in [3.05, 3.63) is 59.0 Å². The van der Waals surface area contributed by atoms with Gasteiger partial charge in [-0.25, -0.2) is 4.52 Å². The summed E-state index contributed by atoms with van der Waals surface area (Å²) in [6.07, 6.45) is 3.97. The predicted octanol–water partition coefficient (Wildman–Crippen LogP) is 2.84. The van der Waals surface area contributed by atoms with Gasteiger partial charge in [0.25, 0.3) is 5.91 Å². The van der Waals surface area contributed by atoms with Gasteiger partial charge in [0.1, 0.15) is 11.4 Å². The maximum absolute atomic E-state index is 13.0. The number of halogens is 1. The molecule has 4 heterocycles. The Morgan fingerprint density at radius 2 is 2.00 bits per heavy atom. The predicted molar refractivity (Wildman–Crippen MR) is 104 cm³/mol. The number of rotatable bonds is 1. The molecule has 2 aliphatic rings. The molecule has 1 aromatic carbocycles. The van der Waals surface area contributed by atoms with Crippen molar-refractivity contribution >= 4 is 23.2 Å². The fraction of sp³-hybridized carbons (Fsp3) is 0.350. The minimum absolute atomic E-state index is 0.0242. The molecule has 2 N–H and O–H groups in total. The largest absolute Gasteiger partial charge is 0.487 e. The molecule has 1 saturated heterocycles. The molecule has 3 aromatic rings. The zero-order chi connectivity index (χ0) is 19.3. The standard InChI is InChI=1S/C20H20ClN5O2/c21-19-23-17-6-5-13(12-26(17)24-19)18(27)25-9-7-20(8-10-25)11-15(22)14-3-1-2-4-16(14)28-20/h1-6,12,15H,7-11,22H2. The van der Waals surface area contributed by atoms with Crippen LogP contribution in [-0.2, 0) is 0 Å². The first kappa shape index (κ1) is 17.5. The maximum Gasteiger partial charge on any atom is 0.255 e. The number of amides is 1. The highest BCUT2D eigenvalue weighted by Crippen LogP contribution is 2.43. The number of ether oxygens (including phenoxy) is 1. The van der Waals surface area contributed by atoms with E-state index in [0.717, 1.165) is 30.6 Å². The highest BCUT2D eigenvalue weighted by Gasteiger charge is 2.43. The van der Waals surface area contributed by atoms with Crippen LogP contribution in [0.25, 0.3) is 5.65 Å². The van der Waals surface area contributed by atoms with Crippen LogP contribution in [0, 0.1) is 0 Å². The third-order valence-corrected chi connectivity index (χ3v) is 5.91. The van der Waals surface area contributed by atoms with Crippen molar-refractivity contribution in [1.29, 1.82) is 0 Å². The van der Waals surface area contributed by atoms with E-state index in [1.165, 1.54) is 4.52 Å². The molecular weight excluding hydrogens is 378 g/mol. The van der Waals surface area contributed by atoms with Crippen LogP contribution in [0.15, 0.2) is 42.6 Å². The first-order valence-corrected chi connectivity index (χ1v) is 9.76. The van der Waals surface area contributed by atoms with Gasteiger partial charge in [0.15, 0.2) is 5.65 Å². The Labute approximate surface area is 167 Å². The van der Waals surface area contributed by atoms with Gasteiger partial charge >= 0.3 is 0 Å². The smallest absolute Gasteiger partial charge is 0.255 e. The monoisotopic (exact) mass is 397 g/mol. The first-order chi connectivity index (χ1) is 13.5. The van der Waals surface area contributed by atoms with Gasteiger partial charge in [-0.2, -0.15) is 4.98 Å². The van der Waals surface area contributed by atoms with Crippen molar-refractivity contribution in [3.63, 3.8) is 0 Å². The van der Waals surface area contributed by atoms with E-state index in [1.807, 2.05) is 29.2 Å². The van der Waals surface area contributed by atoms with Crippen LogP contribution in [0.5, 0.6) is 5.75 Å². The molecule has 5 rings (SSSR count). The highest BCUT2D eigenvalue weighted by atomic mass is 35.5. The zero-order valence-corrected chi connectivity index (χ0v) is 16.0. The van der Waals surface area contributed by atoms with Crippen molar-refractivity contribution in [2.75, 3.05) is 13.1 Å². The summed E-state index contributed by atoms with van der Waals surface area (Å²) in [6, 6.07) is 11.4. The van der Waals surface area contributed by atoms with Crippen molar-refractivity contribution in [3.8, 4) is 5.75 Å². The number of nitrogens with two attached hydrogens (primary N) is 1. The number of carbonyl (C=O) groups excluding carboxylic acids is 1. The molecule has 8 heteroatoms. The second-order valence-electron chi connectivity index (χ2n) is 7.53. The van der Waals surface area contributed by atoms with E-state index in [1.54, 1.807) is 18.3 Å². The van der Waals surface area contributed by atoms with Crippen molar-refractivity contribution < 1.29 is 9.53 Å². The van der Waals surface area contributed by atoms with Gasteiger partial charge in [-0.1, -0.05) is 18.2 Å². The first-order valence-electron chi connectivity index (χ1n) is 9.38. The van der Waals surface area contributed by atoms with Gasteiger partial charge in [0.2, 0.25) is 5.28 Å². The molecular formula is C20H20ClN5O2. The summed E-state index contributed by atoms with van der Waals surface area (Å²) in [7, 11) is 0. The van der Waals surface area contributed by atoms with Gasteiger partial charge < -0.3 is 15.4 Å². The number of carbonyl (C=O) groups is 1. The molecule has 1 amide bonds. The van der Waals surface area contributed by atoms with E-state index in [2.05, 4.69) is 10.1 Å². The number of nitrogens with zero attached hydrogens (tertiary/aromatic N) is 4. The SMILES string of the molecule is NC1CC2(CCN(C(=O)c3ccc4nc(Cl)nn4c3)CC2)Oc2ccccc21. The van der Waals surface area contributed by atoms with Gasteiger partial charge in [0, 0.05) is 50.2 Å². The van der Waals surface area contributed by atoms with Crippen LogP contribution in [-0.4, -0.2) is 44.1 Å². The number of likely N-dealkylation sites (tertiary alicyclic amines) is 1. The summed E-state index contributed by atoms with van der Waals surface area (Å²) in [5, 5.41) is 4.23. The van der Waals surface area contributed by atoms with Gasteiger partial charge in [0.05, 0.1) is 5.56 Å². The summed E-state index contributed by atoms with van der Waals surface area (Å²) < 4.78 is 7.90. The minimum atomic E-state index is -0.298. The van der Waals surface area contributed by atoms with Crippen molar-refractivity contribution in [2.24, 2.45) is 5.73 Å². The van der Waals surface area contributed by atoms with Crippen LogP contribution in [0.4, 0.5) is 0 Å². The second kappa shape index (κ2) is 6.46. The molecule has 1 atom stereocenters. The normalized spacial score (nSPS) is 20.8. The number of para-hydroxylation sites is 1. The Balaban J connectivity index is 1.32. The molecule has 0 aliphatic carbocycles. The number of hydrogen-bond donors (Lipinski definition) is 1.